The highest BCUT2D eigenvalue weighted by atomic mass is 16.5. The van der Waals surface area contributed by atoms with Crippen LogP contribution in [0.5, 0.6) is 11.5 Å². The highest BCUT2D eigenvalue weighted by Gasteiger charge is 2.22. The van der Waals surface area contributed by atoms with Crippen LogP contribution < -0.4 is 4.74 Å². The van der Waals surface area contributed by atoms with Crippen LogP contribution in [0.2, 0.25) is 0 Å². The Bertz CT molecular complexity index is 1020. The van der Waals surface area contributed by atoms with Crippen molar-refractivity contribution in [1.82, 2.24) is 10.2 Å². The smallest absolute Gasteiger partial charge is 0.139 e. The molecule has 4 aromatic rings. The zero-order valence-electron chi connectivity index (χ0n) is 14.3. The van der Waals surface area contributed by atoms with Crippen molar-refractivity contribution in [3.05, 3.63) is 53.7 Å². The minimum absolute atomic E-state index is 0.126. The molecule has 2 aromatic carbocycles. The number of ether oxygens (including phenoxy) is 1. The van der Waals surface area contributed by atoms with Gasteiger partial charge >= 0.3 is 0 Å². The molecule has 25 heavy (non-hydrogen) atoms. The molecule has 2 aromatic heterocycles. The number of H-pyrrole nitrogens is 1. The Kier molecular flexibility index (Phi) is 3.50. The summed E-state index contributed by atoms with van der Waals surface area (Å²) in [5.74, 6) is 1.45. The Hall–Kier alpha value is -3.21. The first-order chi connectivity index (χ1) is 12.1. The van der Waals surface area contributed by atoms with Crippen LogP contribution in [0.1, 0.15) is 11.3 Å². The van der Waals surface area contributed by atoms with E-state index in [1.54, 1.807) is 13.2 Å². The highest BCUT2D eigenvalue weighted by molar-refractivity contribution is 5.89. The van der Waals surface area contributed by atoms with Gasteiger partial charge in [0.15, 0.2) is 0 Å². The van der Waals surface area contributed by atoms with Crippen molar-refractivity contribution in [1.29, 1.82) is 0 Å². The summed E-state index contributed by atoms with van der Waals surface area (Å²) in [7, 11) is 1.58. The van der Waals surface area contributed by atoms with Gasteiger partial charge in [-0.15, -0.1) is 0 Å². The molecule has 0 unspecified atom stereocenters. The lowest BCUT2D eigenvalue weighted by molar-refractivity contribution is 0.407. The molecule has 0 amide bonds. The molecular weight excluding hydrogens is 316 g/mol. The fourth-order valence-corrected chi connectivity index (χ4v) is 3.18. The minimum atomic E-state index is 0.126. The van der Waals surface area contributed by atoms with Gasteiger partial charge in [0.2, 0.25) is 0 Å². The predicted octanol–water partition coefficient (Wildman–Crippen LogP) is 4.82. The number of aryl methyl sites for hydroxylation is 2. The summed E-state index contributed by atoms with van der Waals surface area (Å²) in [6.07, 6.45) is 0. The number of rotatable bonds is 3. The molecule has 0 atom stereocenters. The van der Waals surface area contributed by atoms with E-state index in [0.29, 0.717) is 17.0 Å². The molecule has 126 valence electrons. The van der Waals surface area contributed by atoms with Crippen LogP contribution >= 0.6 is 0 Å². The van der Waals surface area contributed by atoms with E-state index in [-0.39, 0.29) is 5.75 Å². The molecule has 0 aliphatic heterocycles. The molecule has 5 heteroatoms. The normalized spacial score (nSPS) is 11.2. The third-order valence-electron chi connectivity index (χ3n) is 4.38. The Morgan fingerprint density at radius 3 is 2.60 bits per heavy atom. The van der Waals surface area contributed by atoms with Gasteiger partial charge in [-0.1, -0.05) is 18.2 Å². The summed E-state index contributed by atoms with van der Waals surface area (Å²) in [4.78, 5) is 0. The van der Waals surface area contributed by atoms with Gasteiger partial charge in [0.05, 0.1) is 12.7 Å². The van der Waals surface area contributed by atoms with Gasteiger partial charge in [-0.25, -0.2) is 0 Å². The van der Waals surface area contributed by atoms with E-state index in [2.05, 4.69) is 10.2 Å². The highest BCUT2D eigenvalue weighted by Crippen LogP contribution is 2.42. The van der Waals surface area contributed by atoms with Crippen LogP contribution in [0.25, 0.3) is 33.6 Å². The molecule has 0 aliphatic rings. The third kappa shape index (κ3) is 2.45. The number of hydrogen-bond donors (Lipinski definition) is 2. The van der Waals surface area contributed by atoms with Crippen molar-refractivity contribution in [3.8, 4) is 34.1 Å². The number of para-hydroxylation sites is 1. The Balaban J connectivity index is 1.94. The molecular formula is C20H18N2O3. The summed E-state index contributed by atoms with van der Waals surface area (Å²) in [6, 6.07) is 13.3. The van der Waals surface area contributed by atoms with E-state index in [1.165, 1.54) is 0 Å². The van der Waals surface area contributed by atoms with Crippen LogP contribution in [-0.2, 0) is 0 Å². The van der Waals surface area contributed by atoms with Gasteiger partial charge in [-0.05, 0) is 37.6 Å². The Labute approximate surface area is 144 Å². The minimum Gasteiger partial charge on any atom is -0.507 e. The van der Waals surface area contributed by atoms with Gasteiger partial charge in [0.1, 0.15) is 28.5 Å². The first kappa shape index (κ1) is 15.3. The number of benzene rings is 2. The maximum Gasteiger partial charge on any atom is 0.139 e. The number of nitrogens with zero attached hydrogens (tertiary/aromatic N) is 1. The number of aromatic amines is 1. The van der Waals surface area contributed by atoms with Gasteiger partial charge in [-0.2, -0.15) is 5.10 Å². The van der Waals surface area contributed by atoms with Crippen molar-refractivity contribution in [2.75, 3.05) is 7.11 Å². The molecule has 0 saturated carbocycles. The van der Waals surface area contributed by atoms with E-state index in [1.807, 2.05) is 50.2 Å². The number of phenols is 1. The fraction of sp³-hybridized carbons (Fsp3) is 0.150. The monoisotopic (exact) mass is 334 g/mol. The summed E-state index contributed by atoms with van der Waals surface area (Å²) in [6.45, 7) is 3.86. The second-order valence-electron chi connectivity index (χ2n) is 6.06. The van der Waals surface area contributed by atoms with Crippen molar-refractivity contribution < 1.29 is 14.3 Å². The third-order valence-corrected chi connectivity index (χ3v) is 4.38. The summed E-state index contributed by atoms with van der Waals surface area (Å²) in [5.41, 5.74) is 4.75. The summed E-state index contributed by atoms with van der Waals surface area (Å²) < 4.78 is 11.2. The van der Waals surface area contributed by atoms with Crippen molar-refractivity contribution in [2.45, 2.75) is 13.8 Å². The number of fused-ring (bicyclic) bond motifs is 1. The van der Waals surface area contributed by atoms with Gasteiger partial charge < -0.3 is 14.3 Å². The average molecular weight is 334 g/mol. The lowest BCUT2D eigenvalue weighted by atomic mass is 9.98. The molecule has 0 aliphatic carbocycles. The number of hydrogen-bond acceptors (Lipinski definition) is 4. The number of nitrogens with one attached hydrogen (secondary N) is 1. The lowest BCUT2D eigenvalue weighted by Gasteiger charge is -2.10. The van der Waals surface area contributed by atoms with Crippen LogP contribution in [0, 0.1) is 13.8 Å². The molecule has 2 N–H and O–H groups in total. The quantitative estimate of drug-likeness (QED) is 0.563. The second kappa shape index (κ2) is 5.70. The number of phenolic OH excluding ortho intramolecular Hbond substituents is 1. The van der Waals surface area contributed by atoms with E-state index < -0.39 is 0 Å². The SMILES string of the molecule is COc1cc(C)c(-c2n[nH]c(C)c2-c2cc3ccccc3o2)c(O)c1. The maximum atomic E-state index is 10.5. The first-order valence-electron chi connectivity index (χ1n) is 8.00. The topological polar surface area (TPSA) is 71.3 Å². The molecule has 0 radical (unpaired) electrons. The molecule has 4 rings (SSSR count). The Morgan fingerprint density at radius 1 is 1.08 bits per heavy atom. The van der Waals surface area contributed by atoms with Crippen molar-refractivity contribution >= 4 is 11.0 Å². The molecule has 0 fully saturated rings. The van der Waals surface area contributed by atoms with Gasteiger partial charge in [-0.3, -0.25) is 5.10 Å². The zero-order valence-corrected chi connectivity index (χ0v) is 14.3. The van der Waals surface area contributed by atoms with Crippen LogP contribution in [0.3, 0.4) is 0 Å². The second-order valence-corrected chi connectivity index (χ2v) is 6.06. The molecule has 0 bridgehead atoms. The van der Waals surface area contributed by atoms with E-state index in [4.69, 9.17) is 9.15 Å². The van der Waals surface area contributed by atoms with Crippen LogP contribution in [0.4, 0.5) is 0 Å². The first-order valence-corrected chi connectivity index (χ1v) is 8.00. The van der Waals surface area contributed by atoms with Crippen molar-refractivity contribution in [3.63, 3.8) is 0 Å². The summed E-state index contributed by atoms with van der Waals surface area (Å²) in [5, 5.41) is 19.0. The maximum absolute atomic E-state index is 10.5. The molecule has 0 spiro atoms. The van der Waals surface area contributed by atoms with Gasteiger partial charge in [0.25, 0.3) is 0 Å². The van der Waals surface area contributed by atoms with Crippen LogP contribution in [-0.4, -0.2) is 22.4 Å². The largest absolute Gasteiger partial charge is 0.507 e. The molecule has 0 saturated heterocycles. The number of aromatic nitrogens is 2. The zero-order chi connectivity index (χ0) is 17.6. The van der Waals surface area contributed by atoms with Crippen molar-refractivity contribution in [2.24, 2.45) is 0 Å². The van der Waals surface area contributed by atoms with E-state index in [9.17, 15) is 5.11 Å². The predicted molar refractivity (Wildman–Crippen MR) is 96.9 cm³/mol. The standard InChI is InChI=1S/C20H18N2O3/c1-11-8-14(24-3)10-15(23)18(11)20-19(12(2)21-22-20)17-9-13-6-4-5-7-16(13)25-17/h4-10,23H,1-3H3,(H,21,22). The molecule has 5 nitrogen and oxygen atoms in total. The average Bonchev–Trinajstić information content (AvgIpc) is 3.17. The Morgan fingerprint density at radius 2 is 1.88 bits per heavy atom. The van der Waals surface area contributed by atoms with E-state index in [0.717, 1.165) is 33.6 Å². The number of methoxy groups -OCH3 is 1. The number of aromatic hydroxyl groups is 1. The fourth-order valence-electron chi connectivity index (χ4n) is 3.18. The number of furan rings is 1. The molecule has 2 heterocycles. The van der Waals surface area contributed by atoms with Gasteiger partial charge in [0, 0.05) is 22.7 Å². The lowest BCUT2D eigenvalue weighted by Crippen LogP contribution is -1.90. The summed E-state index contributed by atoms with van der Waals surface area (Å²) >= 11 is 0. The van der Waals surface area contributed by atoms with Crippen LogP contribution in [0.15, 0.2) is 46.9 Å². The van der Waals surface area contributed by atoms with E-state index >= 15 is 0 Å².